The van der Waals surface area contributed by atoms with E-state index in [1.807, 2.05) is 19.1 Å². The monoisotopic (exact) mass is 291 g/mol. The van der Waals surface area contributed by atoms with Crippen LogP contribution < -0.4 is 11.1 Å². The molecule has 5 nitrogen and oxygen atoms in total. The lowest BCUT2D eigenvalue weighted by Crippen LogP contribution is -2.12. The summed E-state index contributed by atoms with van der Waals surface area (Å²) in [6.45, 7) is 1.93. The second-order valence-corrected chi connectivity index (χ2v) is 4.78. The zero-order valence-electron chi connectivity index (χ0n) is 10.8. The molecule has 0 aliphatic heterocycles. The number of carbonyl (C=O) groups is 1. The van der Waals surface area contributed by atoms with E-state index < -0.39 is 5.97 Å². The average molecular weight is 292 g/mol. The number of anilines is 2. The van der Waals surface area contributed by atoms with Gasteiger partial charge in [-0.3, -0.25) is 0 Å². The Kier molecular flexibility index (Phi) is 4.10. The molecule has 0 bridgehead atoms. The summed E-state index contributed by atoms with van der Waals surface area (Å²) in [6.07, 6.45) is 1.41. The van der Waals surface area contributed by atoms with Gasteiger partial charge >= 0.3 is 5.97 Å². The van der Waals surface area contributed by atoms with Gasteiger partial charge in [-0.2, -0.15) is 0 Å². The Morgan fingerprint density at radius 3 is 2.60 bits per heavy atom. The molecule has 1 atom stereocenters. The van der Waals surface area contributed by atoms with E-state index in [1.54, 1.807) is 12.1 Å². The molecule has 20 heavy (non-hydrogen) atoms. The van der Waals surface area contributed by atoms with Gasteiger partial charge < -0.3 is 16.2 Å². The molecule has 0 radical (unpaired) electrons. The van der Waals surface area contributed by atoms with Crippen molar-refractivity contribution in [1.82, 2.24) is 4.98 Å². The van der Waals surface area contributed by atoms with Crippen molar-refractivity contribution in [2.24, 2.45) is 0 Å². The number of halogens is 1. The first kappa shape index (κ1) is 14.1. The second-order valence-electron chi connectivity index (χ2n) is 4.34. The number of carboxylic acid groups (broad SMARTS) is 1. The van der Waals surface area contributed by atoms with Gasteiger partial charge in [0.05, 0.1) is 17.3 Å². The summed E-state index contributed by atoms with van der Waals surface area (Å²) < 4.78 is 0. The minimum absolute atomic E-state index is 0.0332. The maximum atomic E-state index is 11.0. The number of hydrogen-bond acceptors (Lipinski definition) is 4. The zero-order chi connectivity index (χ0) is 14.7. The average Bonchev–Trinajstić information content (AvgIpc) is 2.41. The summed E-state index contributed by atoms with van der Waals surface area (Å²) >= 11 is 5.84. The van der Waals surface area contributed by atoms with E-state index in [0.717, 1.165) is 5.56 Å². The zero-order valence-corrected chi connectivity index (χ0v) is 11.6. The van der Waals surface area contributed by atoms with E-state index in [9.17, 15) is 4.79 Å². The van der Waals surface area contributed by atoms with Crippen LogP contribution in [-0.4, -0.2) is 16.1 Å². The molecule has 6 heteroatoms. The third kappa shape index (κ3) is 3.00. The van der Waals surface area contributed by atoms with Crippen molar-refractivity contribution in [2.75, 3.05) is 11.1 Å². The fourth-order valence-corrected chi connectivity index (χ4v) is 1.94. The first-order valence-electron chi connectivity index (χ1n) is 5.99. The number of pyridine rings is 1. The van der Waals surface area contributed by atoms with Gasteiger partial charge in [-0.1, -0.05) is 23.7 Å². The molecule has 1 heterocycles. The van der Waals surface area contributed by atoms with Gasteiger partial charge in [-0.05, 0) is 30.7 Å². The van der Waals surface area contributed by atoms with Crippen LogP contribution in [0.25, 0.3) is 0 Å². The van der Waals surface area contributed by atoms with Crippen LogP contribution in [0, 0.1) is 0 Å². The number of hydrogen-bond donors (Lipinski definition) is 3. The van der Waals surface area contributed by atoms with E-state index in [4.69, 9.17) is 22.4 Å². The Labute approximate surface area is 121 Å². The molecule has 1 unspecified atom stereocenters. The lowest BCUT2D eigenvalue weighted by atomic mass is 10.1. The minimum Gasteiger partial charge on any atom is -0.478 e. The van der Waals surface area contributed by atoms with E-state index in [1.165, 1.54) is 12.3 Å². The van der Waals surface area contributed by atoms with Crippen LogP contribution in [-0.2, 0) is 0 Å². The Bertz CT molecular complexity index is 629. The van der Waals surface area contributed by atoms with Crippen molar-refractivity contribution >= 4 is 29.1 Å². The Morgan fingerprint density at radius 2 is 2.00 bits per heavy atom. The standard InChI is InChI=1S/C14H14ClN3O2/c1-8(9-2-4-10(15)5-3-9)18-13-12(16)11(14(19)20)6-7-17-13/h2-8H,16H2,1H3,(H,17,18)(H,19,20). The van der Waals surface area contributed by atoms with Crippen molar-refractivity contribution in [3.05, 3.63) is 52.7 Å². The third-order valence-corrected chi connectivity index (χ3v) is 3.20. The summed E-state index contributed by atoms with van der Waals surface area (Å²) in [5, 5.41) is 12.8. The van der Waals surface area contributed by atoms with E-state index >= 15 is 0 Å². The second kappa shape index (κ2) is 5.79. The molecule has 2 rings (SSSR count). The van der Waals surface area contributed by atoms with Crippen LogP contribution in [0.3, 0.4) is 0 Å². The molecule has 0 aliphatic rings. The number of nitrogen functional groups attached to an aromatic ring is 1. The highest BCUT2D eigenvalue weighted by Crippen LogP contribution is 2.25. The van der Waals surface area contributed by atoms with Crippen molar-refractivity contribution in [3.63, 3.8) is 0 Å². The summed E-state index contributed by atoms with van der Waals surface area (Å²) in [6, 6.07) is 8.65. The van der Waals surface area contributed by atoms with Gasteiger partial charge in [-0.25, -0.2) is 9.78 Å². The molecule has 0 spiro atoms. The molecule has 1 aromatic heterocycles. The van der Waals surface area contributed by atoms with Crippen LogP contribution >= 0.6 is 11.6 Å². The van der Waals surface area contributed by atoms with Crippen molar-refractivity contribution in [1.29, 1.82) is 0 Å². The van der Waals surface area contributed by atoms with E-state index in [2.05, 4.69) is 10.3 Å². The Morgan fingerprint density at radius 1 is 1.35 bits per heavy atom. The first-order chi connectivity index (χ1) is 9.49. The quantitative estimate of drug-likeness (QED) is 0.805. The maximum absolute atomic E-state index is 11.0. The van der Waals surface area contributed by atoms with Crippen LogP contribution in [0.2, 0.25) is 5.02 Å². The molecule has 0 saturated heterocycles. The predicted molar refractivity (Wildman–Crippen MR) is 79.1 cm³/mol. The number of aromatic nitrogens is 1. The maximum Gasteiger partial charge on any atom is 0.337 e. The molecule has 2 aromatic rings. The van der Waals surface area contributed by atoms with Crippen LogP contribution in [0.1, 0.15) is 28.9 Å². The smallest absolute Gasteiger partial charge is 0.337 e. The highest BCUT2D eigenvalue weighted by molar-refractivity contribution is 6.30. The Balaban J connectivity index is 2.23. The fraction of sp³-hybridized carbons (Fsp3) is 0.143. The fourth-order valence-electron chi connectivity index (χ4n) is 1.81. The van der Waals surface area contributed by atoms with E-state index in [-0.39, 0.29) is 17.3 Å². The molecule has 0 amide bonds. The number of rotatable bonds is 4. The van der Waals surface area contributed by atoms with Gasteiger partial charge in [0.15, 0.2) is 5.82 Å². The van der Waals surface area contributed by atoms with Gasteiger partial charge in [0.25, 0.3) is 0 Å². The largest absolute Gasteiger partial charge is 0.478 e. The summed E-state index contributed by atoms with van der Waals surface area (Å²) in [5.74, 6) is -0.723. The lowest BCUT2D eigenvalue weighted by molar-refractivity contribution is 0.0698. The van der Waals surface area contributed by atoms with Crippen LogP contribution in [0.4, 0.5) is 11.5 Å². The van der Waals surface area contributed by atoms with Gasteiger partial charge in [-0.15, -0.1) is 0 Å². The first-order valence-corrected chi connectivity index (χ1v) is 6.36. The summed E-state index contributed by atoms with van der Waals surface area (Å²) in [4.78, 5) is 15.1. The number of nitrogens with one attached hydrogen (secondary N) is 1. The normalized spacial score (nSPS) is 11.9. The number of nitrogens with two attached hydrogens (primary N) is 1. The van der Waals surface area contributed by atoms with Gasteiger partial charge in [0.1, 0.15) is 0 Å². The molecule has 0 saturated carbocycles. The van der Waals surface area contributed by atoms with Crippen molar-refractivity contribution < 1.29 is 9.90 Å². The number of aromatic carboxylic acids is 1. The summed E-state index contributed by atoms with van der Waals surface area (Å²) in [5.41, 5.74) is 6.96. The highest BCUT2D eigenvalue weighted by Gasteiger charge is 2.14. The van der Waals surface area contributed by atoms with E-state index in [0.29, 0.717) is 10.8 Å². The topological polar surface area (TPSA) is 88.2 Å². The van der Waals surface area contributed by atoms with Crippen LogP contribution in [0.5, 0.6) is 0 Å². The molecular formula is C14H14ClN3O2. The highest BCUT2D eigenvalue weighted by atomic mass is 35.5. The molecule has 104 valence electrons. The molecule has 1 aromatic carbocycles. The lowest BCUT2D eigenvalue weighted by Gasteiger charge is -2.17. The molecule has 4 N–H and O–H groups in total. The SMILES string of the molecule is CC(Nc1nccc(C(=O)O)c1N)c1ccc(Cl)cc1. The summed E-state index contributed by atoms with van der Waals surface area (Å²) in [7, 11) is 0. The number of carboxylic acids is 1. The Hall–Kier alpha value is -2.27. The van der Waals surface area contributed by atoms with Crippen molar-refractivity contribution in [2.45, 2.75) is 13.0 Å². The molecular weight excluding hydrogens is 278 g/mol. The number of benzene rings is 1. The number of nitrogens with zero attached hydrogens (tertiary/aromatic N) is 1. The van der Waals surface area contributed by atoms with Crippen LogP contribution in [0.15, 0.2) is 36.5 Å². The predicted octanol–water partition coefficient (Wildman–Crippen LogP) is 3.19. The minimum atomic E-state index is -1.08. The molecule has 0 aliphatic carbocycles. The van der Waals surface area contributed by atoms with Gasteiger partial charge in [0, 0.05) is 11.2 Å². The molecule has 0 fully saturated rings. The van der Waals surface area contributed by atoms with Gasteiger partial charge in [0.2, 0.25) is 0 Å². The third-order valence-electron chi connectivity index (χ3n) is 2.94. The van der Waals surface area contributed by atoms with Crippen molar-refractivity contribution in [3.8, 4) is 0 Å².